The molecule has 1 aliphatic carbocycles. The van der Waals surface area contributed by atoms with Crippen molar-refractivity contribution in [1.82, 2.24) is 5.32 Å². The van der Waals surface area contributed by atoms with Gasteiger partial charge >= 0.3 is 5.97 Å². The van der Waals surface area contributed by atoms with Crippen LogP contribution in [0, 0.1) is 6.92 Å². The molecule has 1 fully saturated rings. The van der Waals surface area contributed by atoms with Crippen LogP contribution >= 0.6 is 11.6 Å². The van der Waals surface area contributed by atoms with Crippen LogP contribution in [0.3, 0.4) is 0 Å². The first-order chi connectivity index (χ1) is 13.9. The van der Waals surface area contributed by atoms with Crippen molar-refractivity contribution in [3.8, 4) is 5.75 Å². The number of hydrogen-bond acceptors (Lipinski definition) is 5. The van der Waals surface area contributed by atoms with E-state index in [1.807, 2.05) is 6.92 Å². The molecule has 2 aromatic carbocycles. The van der Waals surface area contributed by atoms with E-state index in [0.717, 1.165) is 18.4 Å². The lowest BCUT2D eigenvalue weighted by molar-refractivity contribution is -0.149. The summed E-state index contributed by atoms with van der Waals surface area (Å²) in [6, 6.07) is 11.9. The molecule has 0 bridgehead atoms. The molecule has 0 unspecified atom stereocenters. The van der Waals surface area contributed by atoms with Crippen LogP contribution < -0.4 is 15.4 Å². The smallest absolute Gasteiger partial charge is 0.344 e. The zero-order valence-corrected chi connectivity index (χ0v) is 16.6. The SMILES string of the molecule is Cc1cc(OCC(=O)OCC(=O)Nc2ccccc2C(=O)NC2CC2)ccc1Cl. The number of amides is 2. The third kappa shape index (κ3) is 6.22. The lowest BCUT2D eigenvalue weighted by Crippen LogP contribution is -2.28. The summed E-state index contributed by atoms with van der Waals surface area (Å²) in [6.07, 6.45) is 1.93. The van der Waals surface area contributed by atoms with Crippen LogP contribution in [0.1, 0.15) is 28.8 Å². The fourth-order valence-electron chi connectivity index (χ4n) is 2.50. The van der Waals surface area contributed by atoms with Crippen LogP contribution in [0.2, 0.25) is 5.02 Å². The summed E-state index contributed by atoms with van der Waals surface area (Å²) in [6.45, 7) is 0.996. The average molecular weight is 417 g/mol. The molecule has 2 amide bonds. The van der Waals surface area contributed by atoms with Gasteiger partial charge in [0.25, 0.3) is 11.8 Å². The number of esters is 1. The number of ether oxygens (including phenoxy) is 2. The van der Waals surface area contributed by atoms with Gasteiger partial charge in [-0.2, -0.15) is 0 Å². The highest BCUT2D eigenvalue weighted by atomic mass is 35.5. The Balaban J connectivity index is 1.46. The summed E-state index contributed by atoms with van der Waals surface area (Å²) in [4.78, 5) is 36.2. The molecule has 152 valence electrons. The normalized spacial score (nSPS) is 12.8. The molecule has 0 aliphatic heterocycles. The second-order valence-corrected chi connectivity index (χ2v) is 7.11. The maximum absolute atomic E-state index is 12.3. The van der Waals surface area contributed by atoms with Crippen LogP contribution in [0.25, 0.3) is 0 Å². The summed E-state index contributed by atoms with van der Waals surface area (Å²) in [7, 11) is 0. The van der Waals surface area contributed by atoms with Gasteiger partial charge in [0, 0.05) is 11.1 Å². The first-order valence-corrected chi connectivity index (χ1v) is 9.54. The Morgan fingerprint density at radius 3 is 2.59 bits per heavy atom. The van der Waals surface area contributed by atoms with Gasteiger partial charge in [-0.05, 0) is 55.7 Å². The molecular formula is C21H21ClN2O5. The number of carbonyl (C=O) groups is 3. The van der Waals surface area contributed by atoms with Crippen molar-refractivity contribution in [2.24, 2.45) is 0 Å². The average Bonchev–Trinajstić information content (AvgIpc) is 3.51. The monoisotopic (exact) mass is 416 g/mol. The lowest BCUT2D eigenvalue weighted by atomic mass is 10.1. The predicted octanol–water partition coefficient (Wildman–Crippen LogP) is 3.10. The van der Waals surface area contributed by atoms with Gasteiger partial charge in [-0.3, -0.25) is 9.59 Å². The van der Waals surface area contributed by atoms with Gasteiger partial charge in [-0.15, -0.1) is 0 Å². The molecule has 0 aromatic heterocycles. The molecule has 0 radical (unpaired) electrons. The molecule has 0 spiro atoms. The highest BCUT2D eigenvalue weighted by molar-refractivity contribution is 6.31. The van der Waals surface area contributed by atoms with Gasteiger partial charge < -0.3 is 20.1 Å². The van der Waals surface area contributed by atoms with Gasteiger partial charge in [0.2, 0.25) is 0 Å². The molecule has 0 atom stereocenters. The predicted molar refractivity (Wildman–Crippen MR) is 108 cm³/mol. The largest absolute Gasteiger partial charge is 0.482 e. The topological polar surface area (TPSA) is 93.7 Å². The quantitative estimate of drug-likeness (QED) is 0.645. The molecule has 8 heteroatoms. The van der Waals surface area contributed by atoms with E-state index in [1.165, 1.54) is 0 Å². The van der Waals surface area contributed by atoms with Gasteiger partial charge in [-0.25, -0.2) is 4.79 Å². The minimum Gasteiger partial charge on any atom is -0.482 e. The minimum atomic E-state index is -0.687. The Morgan fingerprint density at radius 2 is 1.86 bits per heavy atom. The van der Waals surface area contributed by atoms with E-state index < -0.39 is 18.5 Å². The summed E-state index contributed by atoms with van der Waals surface area (Å²) < 4.78 is 10.3. The van der Waals surface area contributed by atoms with Crippen molar-refractivity contribution in [3.63, 3.8) is 0 Å². The second-order valence-electron chi connectivity index (χ2n) is 6.70. The molecule has 2 aromatic rings. The Labute approximate surface area is 173 Å². The Morgan fingerprint density at radius 1 is 1.10 bits per heavy atom. The van der Waals surface area contributed by atoms with Crippen molar-refractivity contribution < 1.29 is 23.9 Å². The number of benzene rings is 2. The molecule has 29 heavy (non-hydrogen) atoms. The van der Waals surface area contributed by atoms with Crippen LogP contribution in [-0.2, 0) is 14.3 Å². The molecule has 2 N–H and O–H groups in total. The number of anilines is 1. The maximum Gasteiger partial charge on any atom is 0.344 e. The van der Waals surface area contributed by atoms with E-state index in [2.05, 4.69) is 10.6 Å². The fraction of sp³-hybridized carbons (Fsp3) is 0.286. The first kappa shape index (κ1) is 20.7. The van der Waals surface area contributed by atoms with E-state index in [4.69, 9.17) is 21.1 Å². The van der Waals surface area contributed by atoms with Gasteiger partial charge in [0.1, 0.15) is 5.75 Å². The molecular weight excluding hydrogens is 396 g/mol. The summed E-state index contributed by atoms with van der Waals surface area (Å²) >= 11 is 5.94. The van der Waals surface area contributed by atoms with Crippen LogP contribution in [0.15, 0.2) is 42.5 Å². The van der Waals surface area contributed by atoms with Crippen LogP contribution in [0.4, 0.5) is 5.69 Å². The number of aryl methyl sites for hydroxylation is 1. The molecule has 0 saturated heterocycles. The van der Waals surface area contributed by atoms with Gasteiger partial charge in [0.15, 0.2) is 13.2 Å². The second kappa shape index (κ2) is 9.43. The number of halogens is 1. The molecule has 7 nitrogen and oxygen atoms in total. The Hall–Kier alpha value is -3.06. The summed E-state index contributed by atoms with van der Waals surface area (Å²) in [5.41, 5.74) is 1.54. The summed E-state index contributed by atoms with van der Waals surface area (Å²) in [5.74, 6) is -1.00. The molecule has 0 heterocycles. The van der Waals surface area contributed by atoms with Crippen molar-refractivity contribution in [1.29, 1.82) is 0 Å². The molecule has 3 rings (SSSR count). The molecule has 1 aliphatic rings. The summed E-state index contributed by atoms with van der Waals surface area (Å²) in [5, 5.41) is 6.07. The van der Waals surface area contributed by atoms with Gasteiger partial charge in [0.05, 0.1) is 11.3 Å². The standard InChI is InChI=1S/C21H21ClN2O5/c1-13-10-15(8-9-17(13)22)28-12-20(26)29-11-19(25)24-18-5-3-2-4-16(18)21(27)23-14-6-7-14/h2-5,8-10,14H,6-7,11-12H2,1H3,(H,23,27)(H,24,25). The van der Waals surface area contributed by atoms with E-state index in [0.29, 0.717) is 22.0 Å². The van der Waals surface area contributed by atoms with E-state index >= 15 is 0 Å². The third-order valence-corrected chi connectivity index (χ3v) is 4.63. The first-order valence-electron chi connectivity index (χ1n) is 9.16. The number of rotatable bonds is 8. The zero-order chi connectivity index (χ0) is 20.8. The van der Waals surface area contributed by atoms with Crippen LogP contribution in [-0.4, -0.2) is 37.0 Å². The van der Waals surface area contributed by atoms with Crippen molar-refractivity contribution in [2.75, 3.05) is 18.5 Å². The Bertz CT molecular complexity index is 927. The van der Waals surface area contributed by atoms with Crippen molar-refractivity contribution in [2.45, 2.75) is 25.8 Å². The van der Waals surface area contributed by atoms with Crippen molar-refractivity contribution in [3.05, 3.63) is 58.6 Å². The number of para-hydroxylation sites is 1. The minimum absolute atomic E-state index is 0.205. The molecule has 1 saturated carbocycles. The highest BCUT2D eigenvalue weighted by Gasteiger charge is 2.25. The van der Waals surface area contributed by atoms with Crippen LogP contribution in [0.5, 0.6) is 5.75 Å². The lowest BCUT2D eigenvalue weighted by Gasteiger charge is -2.11. The van der Waals surface area contributed by atoms with E-state index in [9.17, 15) is 14.4 Å². The Kier molecular flexibility index (Phi) is 6.72. The zero-order valence-electron chi connectivity index (χ0n) is 15.9. The number of nitrogens with one attached hydrogen (secondary N) is 2. The maximum atomic E-state index is 12.3. The highest BCUT2D eigenvalue weighted by Crippen LogP contribution is 2.22. The fourth-order valence-corrected chi connectivity index (χ4v) is 2.62. The third-order valence-electron chi connectivity index (χ3n) is 4.21. The van der Waals surface area contributed by atoms with E-state index in [1.54, 1.807) is 42.5 Å². The number of carbonyl (C=O) groups excluding carboxylic acids is 3. The van der Waals surface area contributed by atoms with E-state index in [-0.39, 0.29) is 18.6 Å². The van der Waals surface area contributed by atoms with Gasteiger partial charge in [-0.1, -0.05) is 23.7 Å². The number of hydrogen-bond donors (Lipinski definition) is 2. The van der Waals surface area contributed by atoms with Crippen molar-refractivity contribution >= 4 is 35.1 Å².